The van der Waals surface area contributed by atoms with Gasteiger partial charge in [0.1, 0.15) is 5.75 Å². The van der Waals surface area contributed by atoms with E-state index >= 15 is 0 Å². The van der Waals surface area contributed by atoms with Gasteiger partial charge in [-0.25, -0.2) is 0 Å². The minimum absolute atomic E-state index is 0.183. The Morgan fingerprint density at radius 1 is 1.17 bits per heavy atom. The Labute approximate surface area is 142 Å². The highest BCUT2D eigenvalue weighted by Gasteiger charge is 2.09. The average molecular weight is 338 g/mol. The molecule has 0 saturated heterocycles. The van der Waals surface area contributed by atoms with E-state index in [0.717, 1.165) is 11.3 Å². The van der Waals surface area contributed by atoms with Crippen LogP contribution in [0.15, 0.2) is 58.3 Å². The van der Waals surface area contributed by atoms with Crippen LogP contribution < -0.4 is 10.3 Å². The van der Waals surface area contributed by atoms with Crippen molar-refractivity contribution in [3.05, 3.63) is 69.2 Å². The highest BCUT2D eigenvalue weighted by molar-refractivity contribution is 7.71. The molecule has 0 spiro atoms. The highest BCUT2D eigenvalue weighted by Crippen LogP contribution is 2.26. The van der Waals surface area contributed by atoms with Crippen molar-refractivity contribution in [3.8, 4) is 17.0 Å². The summed E-state index contributed by atoms with van der Waals surface area (Å²) in [4.78, 5) is 19.1. The molecule has 1 aromatic heterocycles. The normalized spacial score (nSPS) is 10.9. The third-order valence-electron chi connectivity index (χ3n) is 3.34. The molecule has 2 N–H and O–H groups in total. The third-order valence-corrected chi connectivity index (χ3v) is 3.53. The van der Waals surface area contributed by atoms with Gasteiger partial charge in [-0.05, 0) is 48.1 Å². The third kappa shape index (κ3) is 3.47. The maximum Gasteiger partial charge on any atom is 0.278 e. The molecule has 0 aliphatic rings. The lowest BCUT2D eigenvalue weighted by atomic mass is 10.1. The summed E-state index contributed by atoms with van der Waals surface area (Å²) in [5.41, 5.74) is 2.06. The van der Waals surface area contributed by atoms with E-state index in [9.17, 15) is 4.79 Å². The number of hydrogen-bond acceptors (Lipinski definition) is 5. The van der Waals surface area contributed by atoms with Gasteiger partial charge in [0.25, 0.3) is 5.56 Å². The largest absolute Gasteiger partial charge is 0.497 e. The Bertz CT molecular complexity index is 990. The molecule has 7 heteroatoms. The van der Waals surface area contributed by atoms with Crippen LogP contribution in [0.4, 0.5) is 5.69 Å². The first-order valence-corrected chi connectivity index (χ1v) is 7.55. The van der Waals surface area contributed by atoms with Crippen LogP contribution in [0.5, 0.6) is 5.75 Å². The molecule has 0 fully saturated rings. The molecule has 0 radical (unpaired) electrons. The van der Waals surface area contributed by atoms with Crippen molar-refractivity contribution in [2.75, 3.05) is 7.11 Å². The monoisotopic (exact) mass is 338 g/mol. The topological polar surface area (TPSA) is 83.1 Å². The highest BCUT2D eigenvalue weighted by atomic mass is 32.1. The van der Waals surface area contributed by atoms with Gasteiger partial charge in [0.15, 0.2) is 10.5 Å². The van der Waals surface area contributed by atoms with Crippen molar-refractivity contribution >= 4 is 24.1 Å². The molecule has 0 bridgehead atoms. The van der Waals surface area contributed by atoms with E-state index in [2.05, 4.69) is 20.2 Å². The summed E-state index contributed by atoms with van der Waals surface area (Å²) in [6.45, 7) is 0. The molecule has 120 valence electrons. The number of aromatic nitrogens is 3. The number of hydrogen-bond donors (Lipinski definition) is 2. The number of H-pyrrole nitrogens is 2. The molecule has 1 heterocycles. The van der Waals surface area contributed by atoms with Gasteiger partial charge < -0.3 is 4.74 Å². The van der Waals surface area contributed by atoms with Crippen LogP contribution in [-0.2, 0) is 0 Å². The second-order valence-electron chi connectivity index (χ2n) is 4.90. The number of methoxy groups -OCH3 is 1. The predicted molar refractivity (Wildman–Crippen MR) is 95.7 cm³/mol. The maximum absolute atomic E-state index is 12.1. The molecule has 0 atom stereocenters. The summed E-state index contributed by atoms with van der Waals surface area (Å²) in [7, 11) is 1.62. The van der Waals surface area contributed by atoms with Gasteiger partial charge in [-0.1, -0.05) is 18.2 Å². The number of aliphatic imine (C=N–C) groups is 1. The number of ether oxygens (including phenoxy) is 1. The molecule has 0 amide bonds. The summed E-state index contributed by atoms with van der Waals surface area (Å²) < 4.78 is 5.31. The first kappa shape index (κ1) is 15.8. The molecule has 0 saturated carbocycles. The second kappa shape index (κ2) is 7.01. The Hall–Kier alpha value is -3.06. The zero-order chi connectivity index (χ0) is 16.9. The molecule has 2 aromatic carbocycles. The molecule has 3 aromatic rings. The summed E-state index contributed by atoms with van der Waals surface area (Å²) in [6, 6.07) is 14.8. The molecule has 3 rings (SSSR count). The van der Waals surface area contributed by atoms with Crippen LogP contribution in [0.2, 0.25) is 0 Å². The molecule has 6 nitrogen and oxygen atoms in total. The fourth-order valence-corrected chi connectivity index (χ4v) is 2.29. The van der Waals surface area contributed by atoms with Crippen molar-refractivity contribution in [2.45, 2.75) is 0 Å². The van der Waals surface area contributed by atoms with Crippen LogP contribution in [-0.4, -0.2) is 28.5 Å². The van der Waals surface area contributed by atoms with Crippen LogP contribution >= 0.6 is 12.2 Å². The average Bonchev–Trinajstić information content (AvgIpc) is 2.61. The first-order chi connectivity index (χ1) is 11.7. The van der Waals surface area contributed by atoms with Crippen LogP contribution in [0.3, 0.4) is 0 Å². The van der Waals surface area contributed by atoms with E-state index in [1.54, 1.807) is 19.4 Å². The zero-order valence-electron chi connectivity index (χ0n) is 12.8. The van der Waals surface area contributed by atoms with Gasteiger partial charge in [0.2, 0.25) is 0 Å². The Morgan fingerprint density at radius 2 is 1.92 bits per heavy atom. The van der Waals surface area contributed by atoms with Crippen LogP contribution in [0.1, 0.15) is 5.56 Å². The van der Waals surface area contributed by atoms with E-state index in [-0.39, 0.29) is 16.0 Å². The van der Waals surface area contributed by atoms with Gasteiger partial charge in [0.05, 0.1) is 12.8 Å². The van der Waals surface area contributed by atoms with E-state index < -0.39 is 0 Å². The second-order valence-corrected chi connectivity index (χ2v) is 5.31. The zero-order valence-corrected chi connectivity index (χ0v) is 13.6. The van der Waals surface area contributed by atoms with Gasteiger partial charge in [-0.3, -0.25) is 19.9 Å². The van der Waals surface area contributed by atoms with Crippen molar-refractivity contribution in [2.24, 2.45) is 4.99 Å². The molecular formula is C17H14N4O2S. The predicted octanol–water partition coefficient (Wildman–Crippen LogP) is 3.25. The number of para-hydroxylation sites is 1. The Balaban J connectivity index is 1.98. The standard InChI is InChI=1S/C17H14N4O2S/c1-23-12-8-6-11(7-9-12)10-18-14-5-3-2-4-13(14)15-16(22)19-17(24)21-20-15/h2-10H,1H3,(H2,19,21,22,24). The number of rotatable bonds is 4. The Morgan fingerprint density at radius 3 is 2.62 bits per heavy atom. The minimum Gasteiger partial charge on any atom is -0.497 e. The maximum atomic E-state index is 12.1. The summed E-state index contributed by atoms with van der Waals surface area (Å²) >= 11 is 4.86. The minimum atomic E-state index is -0.356. The molecular weight excluding hydrogens is 324 g/mol. The van der Waals surface area contributed by atoms with Crippen LogP contribution in [0, 0.1) is 4.77 Å². The first-order valence-electron chi connectivity index (χ1n) is 7.14. The van der Waals surface area contributed by atoms with Crippen LogP contribution in [0.25, 0.3) is 11.3 Å². The fraction of sp³-hybridized carbons (Fsp3) is 0.0588. The van der Waals surface area contributed by atoms with Crippen molar-refractivity contribution in [3.63, 3.8) is 0 Å². The summed E-state index contributed by atoms with van der Waals surface area (Å²) in [6.07, 6.45) is 1.72. The van der Waals surface area contributed by atoms with Gasteiger partial charge in [-0.2, -0.15) is 5.10 Å². The quantitative estimate of drug-likeness (QED) is 0.565. The van der Waals surface area contributed by atoms with E-state index in [0.29, 0.717) is 11.3 Å². The molecule has 24 heavy (non-hydrogen) atoms. The smallest absolute Gasteiger partial charge is 0.278 e. The van der Waals surface area contributed by atoms with Gasteiger partial charge in [0, 0.05) is 11.8 Å². The Kier molecular flexibility index (Phi) is 4.62. The lowest BCUT2D eigenvalue weighted by Gasteiger charge is -2.04. The van der Waals surface area contributed by atoms with Crippen molar-refractivity contribution in [1.82, 2.24) is 15.2 Å². The van der Waals surface area contributed by atoms with E-state index in [4.69, 9.17) is 17.0 Å². The van der Waals surface area contributed by atoms with Crippen molar-refractivity contribution in [1.29, 1.82) is 0 Å². The van der Waals surface area contributed by atoms with E-state index in [1.165, 1.54) is 0 Å². The lowest BCUT2D eigenvalue weighted by Crippen LogP contribution is -2.12. The fourth-order valence-electron chi connectivity index (χ4n) is 2.15. The SMILES string of the molecule is COc1ccc(C=Nc2ccccc2-c2n[nH]c(=S)[nH]c2=O)cc1. The van der Waals surface area contributed by atoms with E-state index in [1.807, 2.05) is 42.5 Å². The molecule has 0 aliphatic carbocycles. The summed E-state index contributed by atoms with van der Waals surface area (Å²) in [5, 5.41) is 6.62. The van der Waals surface area contributed by atoms with Gasteiger partial charge >= 0.3 is 0 Å². The number of aromatic amines is 2. The molecule has 0 aliphatic heterocycles. The van der Waals surface area contributed by atoms with Crippen molar-refractivity contribution < 1.29 is 4.74 Å². The van der Waals surface area contributed by atoms with Gasteiger partial charge in [-0.15, -0.1) is 0 Å². The molecule has 0 unspecified atom stereocenters. The number of nitrogens with one attached hydrogen (secondary N) is 2. The number of benzene rings is 2. The summed E-state index contributed by atoms with van der Waals surface area (Å²) in [5.74, 6) is 0.780. The lowest BCUT2D eigenvalue weighted by molar-refractivity contribution is 0.415. The number of nitrogens with zero attached hydrogens (tertiary/aromatic N) is 2.